The van der Waals surface area contributed by atoms with E-state index in [-0.39, 0.29) is 0 Å². The molecule has 2 heterocycles. The van der Waals surface area contributed by atoms with Crippen molar-refractivity contribution in [1.82, 2.24) is 14.8 Å². The lowest BCUT2D eigenvalue weighted by molar-refractivity contribution is -0.597. The Morgan fingerprint density at radius 3 is 2.57 bits per heavy atom. The number of fused-ring (bicyclic) bond motifs is 1. The summed E-state index contributed by atoms with van der Waals surface area (Å²) in [6.07, 6.45) is 3.16. The van der Waals surface area contributed by atoms with Gasteiger partial charge in [0.25, 0.3) is 0 Å². The van der Waals surface area contributed by atoms with Crippen molar-refractivity contribution < 1.29 is 4.73 Å². The Morgan fingerprint density at radius 1 is 1.00 bits per heavy atom. The first kappa shape index (κ1) is 13.5. The molecule has 2 aromatic carbocycles. The molecule has 0 saturated heterocycles. The largest absolute Gasteiger partial charge is 0.710 e. The second kappa shape index (κ2) is 5.21. The number of rotatable bonds is 2. The van der Waals surface area contributed by atoms with Gasteiger partial charge < -0.3 is 9.77 Å². The van der Waals surface area contributed by atoms with Crippen LogP contribution in [0.25, 0.3) is 33.4 Å². The van der Waals surface area contributed by atoms with Gasteiger partial charge in [0.1, 0.15) is 0 Å². The van der Waals surface area contributed by atoms with Crippen LogP contribution in [0, 0.1) is 5.21 Å². The molecule has 5 heteroatoms. The van der Waals surface area contributed by atoms with Crippen molar-refractivity contribution in [3.8, 4) is 22.5 Å². The molecular weight excluding hydrogens is 288 g/mol. The number of aryl methyl sites for hydroxylation is 1. The van der Waals surface area contributed by atoms with Gasteiger partial charge >= 0.3 is 6.33 Å². The first-order valence-electron chi connectivity index (χ1n) is 7.30. The van der Waals surface area contributed by atoms with Gasteiger partial charge in [0, 0.05) is 35.3 Å². The lowest BCUT2D eigenvalue weighted by Crippen LogP contribution is -2.31. The van der Waals surface area contributed by atoms with E-state index < -0.39 is 0 Å². The summed E-state index contributed by atoms with van der Waals surface area (Å²) in [7, 11) is 1.97. The van der Waals surface area contributed by atoms with Gasteiger partial charge in [-0.05, 0) is 11.2 Å². The van der Waals surface area contributed by atoms with Crippen LogP contribution in [-0.4, -0.2) is 14.8 Å². The molecule has 2 aromatic heterocycles. The first-order valence-corrected chi connectivity index (χ1v) is 7.30. The van der Waals surface area contributed by atoms with Gasteiger partial charge in [0.05, 0.1) is 5.10 Å². The van der Waals surface area contributed by atoms with Crippen molar-refractivity contribution in [3.05, 3.63) is 72.3 Å². The third-order valence-electron chi connectivity index (χ3n) is 3.96. The van der Waals surface area contributed by atoms with Crippen molar-refractivity contribution in [2.75, 3.05) is 0 Å². The van der Waals surface area contributed by atoms with Gasteiger partial charge in [-0.25, -0.2) is 4.73 Å². The lowest BCUT2D eigenvalue weighted by Gasteiger charge is -2.10. The number of nitrogens with zero attached hydrogens (tertiary/aromatic N) is 4. The molecule has 0 aliphatic heterocycles. The molecule has 0 atom stereocenters. The smallest absolute Gasteiger partial charge is 0.318 e. The second-order valence-electron chi connectivity index (χ2n) is 5.39. The zero-order valence-corrected chi connectivity index (χ0v) is 12.5. The predicted octanol–water partition coefficient (Wildman–Crippen LogP) is 2.94. The zero-order valence-electron chi connectivity index (χ0n) is 12.5. The molecule has 112 valence electrons. The molecule has 5 nitrogen and oxygen atoms in total. The van der Waals surface area contributed by atoms with E-state index in [0.29, 0.717) is 11.4 Å². The van der Waals surface area contributed by atoms with E-state index in [4.69, 9.17) is 0 Å². The Hall–Kier alpha value is -3.21. The van der Waals surface area contributed by atoms with E-state index in [0.717, 1.165) is 26.8 Å². The fraction of sp³-hybridized carbons (Fsp3) is 0.0556. The molecular formula is C18H14N4O. The lowest BCUT2D eigenvalue weighted by atomic mass is 10.0. The van der Waals surface area contributed by atoms with Crippen LogP contribution in [0.15, 0.2) is 67.1 Å². The topological polar surface area (TPSA) is 57.7 Å². The van der Waals surface area contributed by atoms with Crippen LogP contribution in [0.1, 0.15) is 0 Å². The van der Waals surface area contributed by atoms with Crippen molar-refractivity contribution in [2.24, 2.45) is 7.05 Å². The molecule has 0 bridgehead atoms. The number of para-hydroxylation sites is 1. The third kappa shape index (κ3) is 2.14. The minimum Gasteiger partial charge on any atom is -0.710 e. The van der Waals surface area contributed by atoms with Crippen molar-refractivity contribution >= 4 is 10.9 Å². The molecule has 0 saturated carbocycles. The van der Waals surface area contributed by atoms with E-state index >= 15 is 0 Å². The Balaban J connectivity index is 2.06. The van der Waals surface area contributed by atoms with Crippen LogP contribution in [-0.2, 0) is 7.05 Å². The molecule has 0 aliphatic rings. The van der Waals surface area contributed by atoms with Gasteiger partial charge in [0.15, 0.2) is 11.4 Å². The van der Waals surface area contributed by atoms with Crippen LogP contribution in [0.3, 0.4) is 0 Å². The molecule has 23 heavy (non-hydrogen) atoms. The van der Waals surface area contributed by atoms with Crippen molar-refractivity contribution in [1.29, 1.82) is 0 Å². The summed E-state index contributed by atoms with van der Waals surface area (Å²) in [5.74, 6) is 0. The molecule has 0 N–H and O–H groups in total. The van der Waals surface area contributed by atoms with Crippen molar-refractivity contribution in [2.45, 2.75) is 0 Å². The minimum atomic E-state index is 0.517. The van der Waals surface area contributed by atoms with E-state index in [1.807, 2.05) is 72.4 Å². The third-order valence-corrected chi connectivity index (χ3v) is 3.96. The molecule has 0 amide bonds. The molecule has 0 spiro atoms. The zero-order chi connectivity index (χ0) is 15.8. The van der Waals surface area contributed by atoms with E-state index in [1.165, 1.54) is 6.33 Å². The highest BCUT2D eigenvalue weighted by Crippen LogP contribution is 2.33. The number of hydrogen-bond acceptors (Lipinski definition) is 3. The average molecular weight is 302 g/mol. The fourth-order valence-electron chi connectivity index (χ4n) is 2.91. The molecule has 4 rings (SSSR count). The fourth-order valence-corrected chi connectivity index (χ4v) is 2.91. The quantitative estimate of drug-likeness (QED) is 0.422. The maximum atomic E-state index is 12.5. The molecule has 0 unspecified atom stereocenters. The average Bonchev–Trinajstić information content (AvgIpc) is 2.92. The SMILES string of the molecule is Cn1cc(-c2c(-c3ccccc3)nnc[n+]2[O-])c2ccccc21. The predicted molar refractivity (Wildman–Crippen MR) is 88.3 cm³/mol. The number of benzene rings is 2. The van der Waals surface area contributed by atoms with Gasteiger partial charge in [-0.1, -0.05) is 48.5 Å². The van der Waals surface area contributed by atoms with Gasteiger partial charge in [-0.15, -0.1) is 0 Å². The van der Waals surface area contributed by atoms with Crippen LogP contribution in [0.4, 0.5) is 0 Å². The Kier molecular flexibility index (Phi) is 3.05. The Morgan fingerprint density at radius 2 is 1.74 bits per heavy atom. The maximum Gasteiger partial charge on any atom is 0.318 e. The van der Waals surface area contributed by atoms with Crippen molar-refractivity contribution in [3.63, 3.8) is 0 Å². The summed E-state index contributed by atoms with van der Waals surface area (Å²) in [5.41, 5.74) is 3.89. The van der Waals surface area contributed by atoms with E-state index in [2.05, 4.69) is 10.2 Å². The van der Waals surface area contributed by atoms with Gasteiger partial charge in [-0.3, -0.25) is 0 Å². The highest BCUT2D eigenvalue weighted by molar-refractivity contribution is 5.97. The van der Waals surface area contributed by atoms with Crippen LogP contribution < -0.4 is 4.73 Å². The Labute approximate surface area is 133 Å². The van der Waals surface area contributed by atoms with Crippen LogP contribution >= 0.6 is 0 Å². The van der Waals surface area contributed by atoms with Gasteiger partial charge in [-0.2, -0.15) is 0 Å². The summed E-state index contributed by atoms with van der Waals surface area (Å²) in [6.45, 7) is 0. The summed E-state index contributed by atoms with van der Waals surface area (Å²) < 4.78 is 2.80. The molecule has 0 aliphatic carbocycles. The van der Waals surface area contributed by atoms with Crippen LogP contribution in [0.2, 0.25) is 0 Å². The van der Waals surface area contributed by atoms with Crippen LogP contribution in [0.5, 0.6) is 0 Å². The first-order chi connectivity index (χ1) is 11.3. The standard InChI is InChI=1S/C18H14N4O/c1-21-11-15(14-9-5-6-10-16(14)21)18-17(20-19-12-22(18)23)13-7-3-2-4-8-13/h2-12H,1H3. The highest BCUT2D eigenvalue weighted by atomic mass is 16.5. The Bertz CT molecular complexity index is 993. The summed E-state index contributed by atoms with van der Waals surface area (Å²) in [4.78, 5) is 0. The number of hydrogen-bond donors (Lipinski definition) is 0. The van der Waals surface area contributed by atoms with E-state index in [9.17, 15) is 5.21 Å². The van der Waals surface area contributed by atoms with Gasteiger partial charge in [0.2, 0.25) is 0 Å². The highest BCUT2D eigenvalue weighted by Gasteiger charge is 2.20. The second-order valence-corrected chi connectivity index (χ2v) is 5.39. The minimum absolute atomic E-state index is 0.517. The normalized spacial score (nSPS) is 11.0. The molecule has 0 radical (unpaired) electrons. The van der Waals surface area contributed by atoms with E-state index in [1.54, 1.807) is 0 Å². The summed E-state index contributed by atoms with van der Waals surface area (Å²) >= 11 is 0. The maximum absolute atomic E-state index is 12.5. The summed E-state index contributed by atoms with van der Waals surface area (Å²) in [6, 6.07) is 17.6. The molecule has 4 aromatic rings. The summed E-state index contributed by atoms with van der Waals surface area (Å²) in [5, 5.41) is 21.5. The monoisotopic (exact) mass is 302 g/mol. The molecule has 0 fully saturated rings. The number of aromatic nitrogens is 4.